The maximum atomic E-state index is 11.7. The zero-order chi connectivity index (χ0) is 9.90. The molecule has 1 aromatic heterocycles. The third-order valence-electron chi connectivity index (χ3n) is 1.32. The van der Waals surface area contributed by atoms with Crippen molar-refractivity contribution in [3.8, 4) is 0 Å². The van der Waals surface area contributed by atoms with E-state index in [0.29, 0.717) is 6.08 Å². The van der Waals surface area contributed by atoms with E-state index >= 15 is 0 Å². The number of hydrogen-bond acceptors (Lipinski definition) is 2. The molecule has 1 unspecified atom stereocenters. The predicted molar refractivity (Wildman–Crippen MR) is 39.8 cm³/mol. The van der Waals surface area contributed by atoms with E-state index in [9.17, 15) is 13.2 Å². The van der Waals surface area contributed by atoms with Gasteiger partial charge in [0.25, 0.3) is 0 Å². The van der Waals surface area contributed by atoms with Crippen molar-refractivity contribution in [2.75, 3.05) is 0 Å². The lowest BCUT2D eigenvalue weighted by Crippen LogP contribution is -2.25. The first-order valence-electron chi connectivity index (χ1n) is 3.46. The highest BCUT2D eigenvalue weighted by Gasteiger charge is 2.36. The maximum absolute atomic E-state index is 11.7. The van der Waals surface area contributed by atoms with Crippen molar-refractivity contribution in [3.05, 3.63) is 30.2 Å². The third kappa shape index (κ3) is 2.95. The minimum atomic E-state index is -4.62. The highest BCUT2D eigenvalue weighted by atomic mass is 19.4. The molecular formula is C8H7F3O2. The van der Waals surface area contributed by atoms with Crippen molar-refractivity contribution in [1.82, 2.24) is 0 Å². The first kappa shape index (κ1) is 9.85. The first-order chi connectivity index (χ1) is 6.00. The van der Waals surface area contributed by atoms with Gasteiger partial charge in [-0.2, -0.15) is 13.2 Å². The second-order valence-electron chi connectivity index (χ2n) is 2.36. The summed E-state index contributed by atoms with van der Waals surface area (Å²) < 4.78 is 40.0. The smallest absolute Gasteiger partial charge is 0.417 e. The van der Waals surface area contributed by atoms with Crippen LogP contribution in [-0.4, -0.2) is 17.4 Å². The summed E-state index contributed by atoms with van der Waals surface area (Å²) in [5.41, 5.74) is 0. The van der Waals surface area contributed by atoms with Gasteiger partial charge in [0.15, 0.2) is 6.10 Å². The molecule has 1 N–H and O–H groups in total. The van der Waals surface area contributed by atoms with Crippen LogP contribution in [0, 0.1) is 0 Å². The number of hydrogen-bond donors (Lipinski definition) is 1. The van der Waals surface area contributed by atoms with Crippen LogP contribution >= 0.6 is 0 Å². The van der Waals surface area contributed by atoms with Gasteiger partial charge in [0.05, 0.1) is 6.26 Å². The minimum absolute atomic E-state index is 0.267. The van der Waals surface area contributed by atoms with Gasteiger partial charge in [-0.05, 0) is 24.3 Å². The Hall–Kier alpha value is -1.23. The summed E-state index contributed by atoms with van der Waals surface area (Å²) >= 11 is 0. The fraction of sp³-hybridized carbons (Fsp3) is 0.250. The van der Waals surface area contributed by atoms with E-state index in [2.05, 4.69) is 0 Å². The predicted octanol–water partition coefficient (Wildman–Crippen LogP) is 2.22. The lowest BCUT2D eigenvalue weighted by Gasteiger charge is -2.08. The van der Waals surface area contributed by atoms with Crippen molar-refractivity contribution in [2.24, 2.45) is 0 Å². The summed E-state index contributed by atoms with van der Waals surface area (Å²) in [4.78, 5) is 0. The Kier molecular flexibility index (Phi) is 2.77. The van der Waals surface area contributed by atoms with Crippen LogP contribution in [0.15, 0.2) is 28.9 Å². The van der Waals surface area contributed by atoms with Gasteiger partial charge < -0.3 is 9.52 Å². The molecule has 72 valence electrons. The molecule has 1 atom stereocenters. The number of furan rings is 1. The molecule has 0 radical (unpaired) electrons. The Morgan fingerprint density at radius 2 is 2.15 bits per heavy atom. The molecule has 0 aromatic carbocycles. The SMILES string of the molecule is OC(C=Cc1ccco1)C(F)(F)F. The van der Waals surface area contributed by atoms with Crippen molar-refractivity contribution in [1.29, 1.82) is 0 Å². The zero-order valence-electron chi connectivity index (χ0n) is 6.45. The van der Waals surface area contributed by atoms with Crippen molar-refractivity contribution in [3.63, 3.8) is 0 Å². The van der Waals surface area contributed by atoms with Crippen LogP contribution in [-0.2, 0) is 0 Å². The van der Waals surface area contributed by atoms with E-state index in [1.165, 1.54) is 12.3 Å². The molecule has 1 rings (SSSR count). The van der Waals surface area contributed by atoms with Crippen molar-refractivity contribution >= 4 is 6.08 Å². The second kappa shape index (κ2) is 3.66. The molecule has 5 heteroatoms. The van der Waals surface area contributed by atoms with Gasteiger partial charge in [-0.3, -0.25) is 0 Å². The van der Waals surface area contributed by atoms with Gasteiger partial charge in [0.2, 0.25) is 0 Å². The standard InChI is InChI=1S/C8H7F3O2/c9-8(10,11)7(12)4-3-6-2-1-5-13-6/h1-5,7,12H. The molecule has 0 aliphatic carbocycles. The Balaban J connectivity index is 2.59. The van der Waals surface area contributed by atoms with Crippen molar-refractivity contribution in [2.45, 2.75) is 12.3 Å². The van der Waals surface area contributed by atoms with Crippen LogP contribution in [0.25, 0.3) is 6.08 Å². The Bertz CT molecular complexity index is 274. The van der Waals surface area contributed by atoms with E-state index in [-0.39, 0.29) is 5.76 Å². The van der Waals surface area contributed by atoms with Crippen LogP contribution in [0.1, 0.15) is 5.76 Å². The normalized spacial score (nSPS) is 15.1. The fourth-order valence-electron chi connectivity index (χ4n) is 0.681. The molecule has 1 heterocycles. The molecule has 2 nitrogen and oxygen atoms in total. The molecule has 13 heavy (non-hydrogen) atoms. The van der Waals surface area contributed by atoms with Gasteiger partial charge in [-0.1, -0.05) is 0 Å². The van der Waals surface area contributed by atoms with E-state index < -0.39 is 12.3 Å². The summed E-state index contributed by atoms with van der Waals surface area (Å²) in [5, 5.41) is 8.53. The molecule has 0 saturated carbocycles. The second-order valence-corrected chi connectivity index (χ2v) is 2.36. The number of rotatable bonds is 2. The molecule has 1 aromatic rings. The first-order valence-corrected chi connectivity index (χ1v) is 3.46. The maximum Gasteiger partial charge on any atom is 0.417 e. The van der Waals surface area contributed by atoms with Crippen LogP contribution in [0.3, 0.4) is 0 Å². The van der Waals surface area contributed by atoms with Gasteiger partial charge in [0.1, 0.15) is 5.76 Å². The van der Waals surface area contributed by atoms with Crippen molar-refractivity contribution < 1.29 is 22.7 Å². The molecular weight excluding hydrogens is 185 g/mol. The van der Waals surface area contributed by atoms with E-state index in [1.807, 2.05) is 0 Å². The number of aliphatic hydroxyl groups excluding tert-OH is 1. The van der Waals surface area contributed by atoms with E-state index in [1.54, 1.807) is 6.07 Å². The van der Waals surface area contributed by atoms with Gasteiger partial charge >= 0.3 is 6.18 Å². The Labute approximate surface area is 72.3 Å². The van der Waals surface area contributed by atoms with Gasteiger partial charge in [0, 0.05) is 0 Å². The highest BCUT2D eigenvalue weighted by molar-refractivity contribution is 5.42. The van der Waals surface area contributed by atoms with Crippen LogP contribution in [0.2, 0.25) is 0 Å². The fourth-order valence-corrected chi connectivity index (χ4v) is 0.681. The topological polar surface area (TPSA) is 33.4 Å². The number of halogens is 3. The molecule has 0 aliphatic heterocycles. The quantitative estimate of drug-likeness (QED) is 0.779. The molecule has 0 fully saturated rings. The minimum Gasteiger partial charge on any atom is -0.465 e. The lowest BCUT2D eigenvalue weighted by molar-refractivity contribution is -0.187. The summed E-state index contributed by atoms with van der Waals surface area (Å²) in [6.45, 7) is 0. The molecule has 0 bridgehead atoms. The van der Waals surface area contributed by atoms with E-state index in [4.69, 9.17) is 9.52 Å². The molecule has 0 spiro atoms. The van der Waals surface area contributed by atoms with Crippen LogP contribution in [0.5, 0.6) is 0 Å². The summed E-state index contributed by atoms with van der Waals surface area (Å²) in [7, 11) is 0. The van der Waals surface area contributed by atoms with Gasteiger partial charge in [-0.25, -0.2) is 0 Å². The number of aliphatic hydroxyl groups is 1. The third-order valence-corrected chi connectivity index (χ3v) is 1.32. The molecule has 0 saturated heterocycles. The number of alkyl halides is 3. The van der Waals surface area contributed by atoms with E-state index in [0.717, 1.165) is 6.08 Å². The van der Waals surface area contributed by atoms with Crippen LogP contribution < -0.4 is 0 Å². The highest BCUT2D eigenvalue weighted by Crippen LogP contribution is 2.21. The summed E-state index contributed by atoms with van der Waals surface area (Å²) in [6.07, 6.45) is -4.04. The monoisotopic (exact) mass is 192 g/mol. The zero-order valence-corrected chi connectivity index (χ0v) is 6.45. The Morgan fingerprint density at radius 3 is 2.62 bits per heavy atom. The Morgan fingerprint density at radius 1 is 1.46 bits per heavy atom. The lowest BCUT2D eigenvalue weighted by atomic mass is 10.3. The molecule has 0 aliphatic rings. The van der Waals surface area contributed by atoms with Gasteiger partial charge in [-0.15, -0.1) is 0 Å². The summed E-state index contributed by atoms with van der Waals surface area (Å²) in [6, 6.07) is 3.03. The average Bonchev–Trinajstić information content (AvgIpc) is 2.50. The van der Waals surface area contributed by atoms with Crippen LogP contribution in [0.4, 0.5) is 13.2 Å². The average molecular weight is 192 g/mol. The largest absolute Gasteiger partial charge is 0.465 e. The molecule has 0 amide bonds. The summed E-state index contributed by atoms with van der Waals surface area (Å²) in [5.74, 6) is 0.267.